The maximum Gasteiger partial charge on any atom is 0.123 e. The van der Waals surface area contributed by atoms with Gasteiger partial charge in [0.15, 0.2) is 0 Å². The van der Waals surface area contributed by atoms with Crippen LogP contribution in [0.1, 0.15) is 19.4 Å². The van der Waals surface area contributed by atoms with Gasteiger partial charge in [0.1, 0.15) is 5.82 Å². The van der Waals surface area contributed by atoms with Crippen molar-refractivity contribution in [3.63, 3.8) is 0 Å². The average Bonchev–Trinajstić information content (AvgIpc) is 2.09. The Hall–Kier alpha value is -0.640. The number of hydrogen-bond acceptors (Lipinski definition) is 2. The molecule has 2 nitrogen and oxygen atoms in total. The third-order valence-corrected chi connectivity index (χ3v) is 2.25. The summed E-state index contributed by atoms with van der Waals surface area (Å²) in [6.45, 7) is 4.28. The first kappa shape index (κ1) is 12.4. The van der Waals surface area contributed by atoms with E-state index in [9.17, 15) is 9.50 Å². The monoisotopic (exact) mass is 231 g/mol. The molecule has 0 aliphatic carbocycles. The fourth-order valence-corrected chi connectivity index (χ4v) is 1.37. The standard InChI is InChI=1S/C11H15ClFNO/c1-11(2,15)7-14-6-8-5-9(13)3-4-10(8)12/h3-5,14-15H,6-7H2,1-2H3. The molecular formula is C11H15ClFNO. The lowest BCUT2D eigenvalue weighted by Crippen LogP contribution is -2.34. The van der Waals surface area contributed by atoms with Crippen LogP contribution in [-0.4, -0.2) is 17.3 Å². The van der Waals surface area contributed by atoms with E-state index >= 15 is 0 Å². The van der Waals surface area contributed by atoms with Crippen molar-refractivity contribution in [2.75, 3.05) is 6.54 Å². The lowest BCUT2D eigenvalue weighted by Gasteiger charge is -2.17. The molecular weight excluding hydrogens is 217 g/mol. The maximum atomic E-state index is 12.9. The molecule has 84 valence electrons. The Bertz CT molecular complexity index is 336. The molecule has 2 N–H and O–H groups in total. The lowest BCUT2D eigenvalue weighted by molar-refractivity contribution is 0.0795. The number of aliphatic hydroxyl groups is 1. The molecule has 0 aromatic heterocycles. The Morgan fingerprint density at radius 1 is 1.47 bits per heavy atom. The van der Waals surface area contributed by atoms with Gasteiger partial charge in [-0.2, -0.15) is 0 Å². The van der Waals surface area contributed by atoms with Gasteiger partial charge in [0.05, 0.1) is 5.60 Å². The minimum atomic E-state index is -0.778. The molecule has 0 aliphatic heterocycles. The van der Waals surface area contributed by atoms with Gasteiger partial charge in [0.2, 0.25) is 0 Å². The van der Waals surface area contributed by atoms with Gasteiger partial charge < -0.3 is 10.4 Å². The lowest BCUT2D eigenvalue weighted by atomic mass is 10.1. The summed E-state index contributed by atoms with van der Waals surface area (Å²) in [4.78, 5) is 0. The highest BCUT2D eigenvalue weighted by Gasteiger charge is 2.11. The van der Waals surface area contributed by atoms with Crippen LogP contribution in [0.4, 0.5) is 4.39 Å². The van der Waals surface area contributed by atoms with E-state index in [1.165, 1.54) is 18.2 Å². The van der Waals surface area contributed by atoms with Crippen molar-refractivity contribution >= 4 is 11.6 Å². The second-order valence-corrected chi connectivity index (χ2v) is 4.56. The van der Waals surface area contributed by atoms with Crippen molar-refractivity contribution in [2.45, 2.75) is 26.0 Å². The Labute approximate surface area is 94.1 Å². The Morgan fingerprint density at radius 3 is 2.73 bits per heavy atom. The Kier molecular flexibility index (Phi) is 4.08. The molecule has 15 heavy (non-hydrogen) atoms. The van der Waals surface area contributed by atoms with E-state index in [1.54, 1.807) is 13.8 Å². The minimum absolute atomic E-state index is 0.306. The molecule has 0 saturated heterocycles. The van der Waals surface area contributed by atoms with Crippen LogP contribution in [0.2, 0.25) is 5.02 Å². The molecule has 0 spiro atoms. The number of nitrogens with one attached hydrogen (secondary N) is 1. The van der Waals surface area contributed by atoms with Crippen molar-refractivity contribution in [1.82, 2.24) is 5.32 Å². The largest absolute Gasteiger partial charge is 0.389 e. The summed E-state index contributed by atoms with van der Waals surface area (Å²) in [5.41, 5.74) is -0.0827. The van der Waals surface area contributed by atoms with Gasteiger partial charge in [-0.1, -0.05) is 11.6 Å². The van der Waals surface area contributed by atoms with E-state index < -0.39 is 5.60 Å². The Morgan fingerprint density at radius 2 is 2.13 bits per heavy atom. The predicted octanol–water partition coefficient (Wildman–Crippen LogP) is 2.34. The molecule has 0 unspecified atom stereocenters. The van der Waals surface area contributed by atoms with Crippen LogP contribution in [0.5, 0.6) is 0 Å². The summed E-state index contributed by atoms with van der Waals surface area (Å²) in [6, 6.07) is 4.24. The maximum absolute atomic E-state index is 12.9. The second kappa shape index (κ2) is 4.92. The zero-order valence-corrected chi connectivity index (χ0v) is 9.61. The zero-order chi connectivity index (χ0) is 11.5. The van der Waals surface area contributed by atoms with Gasteiger partial charge in [-0.05, 0) is 37.6 Å². The first-order valence-electron chi connectivity index (χ1n) is 4.75. The van der Waals surface area contributed by atoms with Crippen LogP contribution >= 0.6 is 11.6 Å². The third kappa shape index (κ3) is 4.60. The molecule has 0 aliphatic rings. The van der Waals surface area contributed by atoms with Crippen LogP contribution in [-0.2, 0) is 6.54 Å². The third-order valence-electron chi connectivity index (χ3n) is 1.88. The SMILES string of the molecule is CC(C)(O)CNCc1cc(F)ccc1Cl. The number of halogens is 2. The van der Waals surface area contributed by atoms with Crippen LogP contribution in [0.15, 0.2) is 18.2 Å². The summed E-state index contributed by atoms with van der Waals surface area (Å²) in [5.74, 6) is -0.306. The molecule has 0 amide bonds. The molecule has 1 rings (SSSR count). The van der Waals surface area contributed by atoms with E-state index in [-0.39, 0.29) is 5.82 Å². The highest BCUT2D eigenvalue weighted by Crippen LogP contribution is 2.16. The van der Waals surface area contributed by atoms with E-state index in [2.05, 4.69) is 5.32 Å². The molecule has 0 heterocycles. The summed E-state index contributed by atoms with van der Waals surface area (Å²) in [7, 11) is 0. The van der Waals surface area contributed by atoms with Crippen LogP contribution in [0, 0.1) is 5.82 Å². The number of benzene rings is 1. The van der Waals surface area contributed by atoms with Crippen molar-refractivity contribution in [3.8, 4) is 0 Å². The van der Waals surface area contributed by atoms with Gasteiger partial charge >= 0.3 is 0 Å². The molecule has 1 aromatic carbocycles. The fourth-order valence-electron chi connectivity index (χ4n) is 1.18. The average molecular weight is 232 g/mol. The van der Waals surface area contributed by atoms with Crippen molar-refractivity contribution in [2.24, 2.45) is 0 Å². The van der Waals surface area contributed by atoms with Gasteiger partial charge in [-0.25, -0.2) is 4.39 Å². The van der Waals surface area contributed by atoms with E-state index in [4.69, 9.17) is 11.6 Å². The molecule has 0 radical (unpaired) electrons. The molecule has 0 saturated carbocycles. The minimum Gasteiger partial charge on any atom is -0.389 e. The van der Waals surface area contributed by atoms with E-state index in [0.717, 1.165) is 0 Å². The van der Waals surface area contributed by atoms with Gasteiger partial charge in [-0.15, -0.1) is 0 Å². The molecule has 4 heteroatoms. The first-order chi connectivity index (χ1) is 6.88. The van der Waals surface area contributed by atoms with Crippen molar-refractivity contribution in [1.29, 1.82) is 0 Å². The highest BCUT2D eigenvalue weighted by molar-refractivity contribution is 6.31. The summed E-state index contributed by atoms with van der Waals surface area (Å²) >= 11 is 5.88. The normalized spacial score (nSPS) is 11.8. The van der Waals surface area contributed by atoms with Crippen molar-refractivity contribution < 1.29 is 9.50 Å². The molecule has 1 aromatic rings. The van der Waals surface area contributed by atoms with E-state index in [1.807, 2.05) is 0 Å². The fraction of sp³-hybridized carbons (Fsp3) is 0.455. The zero-order valence-electron chi connectivity index (χ0n) is 8.85. The number of hydrogen-bond donors (Lipinski definition) is 2. The van der Waals surface area contributed by atoms with Crippen LogP contribution < -0.4 is 5.32 Å². The van der Waals surface area contributed by atoms with Crippen LogP contribution in [0.3, 0.4) is 0 Å². The summed E-state index contributed by atoms with van der Waals surface area (Å²) in [5, 5.41) is 13.0. The predicted molar refractivity (Wildman–Crippen MR) is 59.4 cm³/mol. The molecule has 0 bridgehead atoms. The van der Waals surface area contributed by atoms with Gasteiger partial charge in [-0.3, -0.25) is 0 Å². The topological polar surface area (TPSA) is 32.3 Å². The summed E-state index contributed by atoms with van der Waals surface area (Å²) in [6.07, 6.45) is 0. The van der Waals surface area contributed by atoms with E-state index in [0.29, 0.717) is 23.7 Å². The molecule has 0 atom stereocenters. The molecule has 0 fully saturated rings. The van der Waals surface area contributed by atoms with Crippen molar-refractivity contribution in [3.05, 3.63) is 34.6 Å². The van der Waals surface area contributed by atoms with Gasteiger partial charge in [0, 0.05) is 18.1 Å². The highest BCUT2D eigenvalue weighted by atomic mass is 35.5. The first-order valence-corrected chi connectivity index (χ1v) is 5.13. The number of rotatable bonds is 4. The second-order valence-electron chi connectivity index (χ2n) is 4.15. The Balaban J connectivity index is 2.54. The van der Waals surface area contributed by atoms with Crippen LogP contribution in [0.25, 0.3) is 0 Å². The quantitative estimate of drug-likeness (QED) is 0.834. The van der Waals surface area contributed by atoms with Gasteiger partial charge in [0.25, 0.3) is 0 Å². The summed E-state index contributed by atoms with van der Waals surface area (Å²) < 4.78 is 12.9. The smallest absolute Gasteiger partial charge is 0.123 e.